The van der Waals surface area contributed by atoms with Gasteiger partial charge in [0.05, 0.1) is 13.2 Å². The molecule has 1 rings (SSSR count). The number of rotatable bonds is 2. The van der Waals surface area contributed by atoms with Crippen molar-refractivity contribution in [2.75, 3.05) is 26.3 Å². The van der Waals surface area contributed by atoms with Crippen molar-refractivity contribution in [2.45, 2.75) is 13.0 Å². The second-order valence-electron chi connectivity index (χ2n) is 2.96. The Labute approximate surface area is 81.4 Å². The van der Waals surface area contributed by atoms with Gasteiger partial charge in [0.25, 0.3) is 0 Å². The smallest absolute Gasteiger partial charge is 0.410 e. The number of carbonyl (C=O) groups is 2. The number of carboxylic acid groups (broad SMARTS) is 1. The van der Waals surface area contributed by atoms with E-state index in [-0.39, 0.29) is 0 Å². The summed E-state index contributed by atoms with van der Waals surface area (Å²) in [5.74, 6) is -1.15. The number of morpholine rings is 1. The molecule has 14 heavy (non-hydrogen) atoms. The van der Waals surface area contributed by atoms with Gasteiger partial charge in [-0.1, -0.05) is 0 Å². The second kappa shape index (κ2) is 4.80. The standard InChI is InChI=1S/C8H13NO5/c1-6(7(10)11)14-8(12)9-2-4-13-5-3-9/h6H,2-5H2,1H3,(H,10,11)/t6-/m0/s1. The number of carbonyl (C=O) groups excluding carboxylic acids is 1. The average Bonchev–Trinajstić information content (AvgIpc) is 2.19. The van der Waals surface area contributed by atoms with Gasteiger partial charge in [-0.2, -0.15) is 0 Å². The van der Waals surface area contributed by atoms with E-state index in [0.29, 0.717) is 26.3 Å². The first kappa shape index (κ1) is 10.8. The molecule has 0 aromatic rings. The van der Waals surface area contributed by atoms with Crippen molar-refractivity contribution in [3.63, 3.8) is 0 Å². The minimum absolute atomic E-state index is 0.450. The third-order valence-electron chi connectivity index (χ3n) is 1.89. The van der Waals surface area contributed by atoms with Crippen LogP contribution in [0.3, 0.4) is 0 Å². The van der Waals surface area contributed by atoms with Crippen molar-refractivity contribution in [1.29, 1.82) is 0 Å². The molecule has 6 heteroatoms. The monoisotopic (exact) mass is 203 g/mol. The molecule has 1 fully saturated rings. The van der Waals surface area contributed by atoms with E-state index >= 15 is 0 Å². The number of hydrogen-bond donors (Lipinski definition) is 1. The first-order valence-electron chi connectivity index (χ1n) is 4.37. The van der Waals surface area contributed by atoms with Crippen LogP contribution in [-0.4, -0.2) is 54.5 Å². The Kier molecular flexibility index (Phi) is 3.70. The molecular formula is C8H13NO5. The summed E-state index contributed by atoms with van der Waals surface area (Å²) in [5.41, 5.74) is 0. The Morgan fingerprint density at radius 3 is 2.50 bits per heavy atom. The van der Waals surface area contributed by atoms with Crippen molar-refractivity contribution in [1.82, 2.24) is 4.90 Å². The molecule has 0 saturated carbocycles. The minimum Gasteiger partial charge on any atom is -0.479 e. The highest BCUT2D eigenvalue weighted by Gasteiger charge is 2.22. The molecule has 1 saturated heterocycles. The van der Waals surface area contributed by atoms with E-state index in [9.17, 15) is 9.59 Å². The highest BCUT2D eigenvalue weighted by Crippen LogP contribution is 2.02. The summed E-state index contributed by atoms with van der Waals surface area (Å²) in [6.45, 7) is 3.16. The lowest BCUT2D eigenvalue weighted by Gasteiger charge is -2.26. The third kappa shape index (κ3) is 2.88. The quantitative estimate of drug-likeness (QED) is 0.679. The Hall–Kier alpha value is -1.30. The van der Waals surface area contributed by atoms with Crippen molar-refractivity contribution < 1.29 is 24.2 Å². The predicted octanol–water partition coefficient (Wildman–Crippen LogP) is -0.0717. The van der Waals surface area contributed by atoms with E-state index in [1.807, 2.05) is 0 Å². The van der Waals surface area contributed by atoms with Crippen LogP contribution < -0.4 is 0 Å². The Morgan fingerprint density at radius 2 is 2.00 bits per heavy atom. The van der Waals surface area contributed by atoms with Gasteiger partial charge in [-0.15, -0.1) is 0 Å². The maximum absolute atomic E-state index is 11.3. The van der Waals surface area contributed by atoms with Crippen molar-refractivity contribution in [2.24, 2.45) is 0 Å². The molecule has 0 aromatic carbocycles. The topological polar surface area (TPSA) is 76.1 Å². The maximum Gasteiger partial charge on any atom is 0.410 e. The molecule has 0 bridgehead atoms. The number of nitrogens with zero attached hydrogens (tertiary/aromatic N) is 1. The zero-order valence-corrected chi connectivity index (χ0v) is 7.93. The van der Waals surface area contributed by atoms with E-state index in [0.717, 1.165) is 0 Å². The first-order valence-corrected chi connectivity index (χ1v) is 4.37. The zero-order valence-electron chi connectivity index (χ0n) is 7.93. The van der Waals surface area contributed by atoms with Gasteiger partial charge in [-0.3, -0.25) is 0 Å². The molecule has 0 spiro atoms. The molecule has 1 heterocycles. The predicted molar refractivity (Wildman–Crippen MR) is 46.0 cm³/mol. The Morgan fingerprint density at radius 1 is 1.43 bits per heavy atom. The van der Waals surface area contributed by atoms with Gasteiger partial charge in [0.15, 0.2) is 6.10 Å². The summed E-state index contributed by atoms with van der Waals surface area (Å²) in [6, 6.07) is 0. The van der Waals surface area contributed by atoms with E-state index < -0.39 is 18.2 Å². The van der Waals surface area contributed by atoms with Crippen LogP contribution in [0.2, 0.25) is 0 Å². The SMILES string of the molecule is C[C@H](OC(=O)N1CCOCC1)C(=O)O. The third-order valence-corrected chi connectivity index (χ3v) is 1.89. The molecule has 1 atom stereocenters. The van der Waals surface area contributed by atoms with Crippen LogP contribution in [0.25, 0.3) is 0 Å². The van der Waals surface area contributed by atoms with Crippen LogP contribution in [0.1, 0.15) is 6.92 Å². The van der Waals surface area contributed by atoms with Gasteiger partial charge in [-0.05, 0) is 6.92 Å². The molecule has 6 nitrogen and oxygen atoms in total. The van der Waals surface area contributed by atoms with Gasteiger partial charge in [0.2, 0.25) is 0 Å². The molecular weight excluding hydrogens is 190 g/mol. The number of hydrogen-bond acceptors (Lipinski definition) is 4. The highest BCUT2D eigenvalue weighted by atomic mass is 16.6. The molecule has 80 valence electrons. The van der Waals surface area contributed by atoms with Crippen LogP contribution in [0.15, 0.2) is 0 Å². The summed E-state index contributed by atoms with van der Waals surface area (Å²) < 4.78 is 9.72. The van der Waals surface area contributed by atoms with Crippen molar-refractivity contribution >= 4 is 12.1 Å². The van der Waals surface area contributed by atoms with Crippen LogP contribution in [0.5, 0.6) is 0 Å². The Balaban J connectivity index is 2.36. The van der Waals surface area contributed by atoms with Gasteiger partial charge in [0.1, 0.15) is 0 Å². The molecule has 1 aliphatic heterocycles. The van der Waals surface area contributed by atoms with Crippen LogP contribution in [0, 0.1) is 0 Å². The van der Waals surface area contributed by atoms with E-state index in [1.165, 1.54) is 11.8 Å². The average molecular weight is 203 g/mol. The lowest BCUT2D eigenvalue weighted by Crippen LogP contribution is -2.42. The second-order valence-corrected chi connectivity index (χ2v) is 2.96. The van der Waals surface area contributed by atoms with E-state index in [2.05, 4.69) is 4.74 Å². The fourth-order valence-corrected chi connectivity index (χ4v) is 1.02. The molecule has 0 aromatic heterocycles. The summed E-state index contributed by atoms with van der Waals surface area (Å²) in [6.07, 6.45) is -1.70. The molecule has 0 aliphatic carbocycles. The van der Waals surface area contributed by atoms with Crippen LogP contribution >= 0.6 is 0 Å². The first-order chi connectivity index (χ1) is 6.61. The van der Waals surface area contributed by atoms with Crippen LogP contribution in [0.4, 0.5) is 4.79 Å². The van der Waals surface area contributed by atoms with Crippen molar-refractivity contribution in [3.8, 4) is 0 Å². The summed E-state index contributed by atoms with van der Waals surface area (Å²) in [4.78, 5) is 23.1. The highest BCUT2D eigenvalue weighted by molar-refractivity contribution is 5.76. The molecule has 0 radical (unpaired) electrons. The van der Waals surface area contributed by atoms with Crippen molar-refractivity contribution in [3.05, 3.63) is 0 Å². The number of aliphatic carboxylic acids is 1. The summed E-state index contributed by atoms with van der Waals surface area (Å²) in [7, 11) is 0. The van der Waals surface area contributed by atoms with E-state index in [4.69, 9.17) is 9.84 Å². The lowest BCUT2D eigenvalue weighted by atomic mass is 10.4. The number of amides is 1. The number of carboxylic acids is 1. The largest absolute Gasteiger partial charge is 0.479 e. The van der Waals surface area contributed by atoms with Gasteiger partial charge in [0, 0.05) is 13.1 Å². The van der Waals surface area contributed by atoms with Gasteiger partial charge < -0.3 is 19.5 Å². The van der Waals surface area contributed by atoms with E-state index in [1.54, 1.807) is 0 Å². The minimum atomic E-state index is -1.15. The lowest BCUT2D eigenvalue weighted by molar-refractivity contribution is -0.146. The van der Waals surface area contributed by atoms with Gasteiger partial charge in [-0.25, -0.2) is 9.59 Å². The molecule has 1 amide bonds. The van der Waals surface area contributed by atoms with Gasteiger partial charge >= 0.3 is 12.1 Å². The maximum atomic E-state index is 11.3. The molecule has 1 N–H and O–H groups in total. The zero-order chi connectivity index (χ0) is 10.6. The number of ether oxygens (including phenoxy) is 2. The summed E-state index contributed by atoms with van der Waals surface area (Å²) >= 11 is 0. The Bertz CT molecular complexity index is 224. The normalized spacial score (nSPS) is 18.8. The fraction of sp³-hybridized carbons (Fsp3) is 0.750. The molecule has 0 unspecified atom stereocenters. The summed E-state index contributed by atoms with van der Waals surface area (Å²) in [5, 5.41) is 8.51. The molecule has 1 aliphatic rings. The van der Waals surface area contributed by atoms with Crippen LogP contribution in [-0.2, 0) is 14.3 Å². The fourth-order valence-electron chi connectivity index (χ4n) is 1.02.